The van der Waals surface area contributed by atoms with Crippen LogP contribution in [0.25, 0.3) is 0 Å². The molecule has 0 radical (unpaired) electrons. The standard InChI is InChI=1S/C12H27N3O/c1-10(2)15(9-7-13-3)8-5-11-12(16)4-6-14-11/h10-14,16H,4-9H2,1-3H3. The highest BCUT2D eigenvalue weighted by Gasteiger charge is 2.24. The summed E-state index contributed by atoms with van der Waals surface area (Å²) >= 11 is 0. The first kappa shape index (κ1) is 13.9. The number of nitrogens with zero attached hydrogens (tertiary/aromatic N) is 1. The maximum Gasteiger partial charge on any atom is 0.0705 e. The Morgan fingerprint density at radius 2 is 2.19 bits per heavy atom. The molecule has 0 spiro atoms. The van der Waals surface area contributed by atoms with E-state index in [1.54, 1.807) is 0 Å². The lowest BCUT2D eigenvalue weighted by molar-refractivity contribution is 0.139. The van der Waals surface area contributed by atoms with Crippen molar-refractivity contribution in [2.75, 3.05) is 33.2 Å². The number of hydrogen-bond donors (Lipinski definition) is 3. The van der Waals surface area contributed by atoms with Gasteiger partial charge >= 0.3 is 0 Å². The Hall–Kier alpha value is -0.160. The van der Waals surface area contributed by atoms with Gasteiger partial charge in [-0.3, -0.25) is 4.90 Å². The molecule has 0 aromatic carbocycles. The summed E-state index contributed by atoms with van der Waals surface area (Å²) in [5.41, 5.74) is 0. The molecule has 3 N–H and O–H groups in total. The van der Waals surface area contributed by atoms with Crippen molar-refractivity contribution in [2.24, 2.45) is 0 Å². The van der Waals surface area contributed by atoms with E-state index >= 15 is 0 Å². The molecule has 0 amide bonds. The van der Waals surface area contributed by atoms with Gasteiger partial charge in [0.15, 0.2) is 0 Å². The van der Waals surface area contributed by atoms with Crippen LogP contribution in [-0.4, -0.2) is 61.4 Å². The number of hydrogen-bond acceptors (Lipinski definition) is 4. The number of aliphatic hydroxyl groups is 1. The lowest BCUT2D eigenvalue weighted by Gasteiger charge is -2.28. The minimum absolute atomic E-state index is 0.140. The zero-order valence-corrected chi connectivity index (χ0v) is 10.9. The van der Waals surface area contributed by atoms with Gasteiger partial charge in [-0.05, 0) is 40.3 Å². The van der Waals surface area contributed by atoms with Gasteiger partial charge in [0.25, 0.3) is 0 Å². The summed E-state index contributed by atoms with van der Waals surface area (Å²) in [5.74, 6) is 0. The van der Waals surface area contributed by atoms with Crippen LogP contribution in [0.3, 0.4) is 0 Å². The van der Waals surface area contributed by atoms with Crippen molar-refractivity contribution >= 4 is 0 Å². The van der Waals surface area contributed by atoms with Crippen molar-refractivity contribution in [3.8, 4) is 0 Å². The third kappa shape index (κ3) is 4.37. The molecule has 0 aromatic rings. The molecular formula is C12H27N3O. The highest BCUT2D eigenvalue weighted by Crippen LogP contribution is 2.11. The second-order valence-electron chi connectivity index (χ2n) is 4.94. The van der Waals surface area contributed by atoms with Gasteiger partial charge in [-0.25, -0.2) is 0 Å². The van der Waals surface area contributed by atoms with E-state index in [0.717, 1.165) is 39.0 Å². The molecule has 4 nitrogen and oxygen atoms in total. The van der Waals surface area contributed by atoms with E-state index in [0.29, 0.717) is 12.1 Å². The SMILES string of the molecule is CNCCN(CCC1NCCC1O)C(C)C. The minimum Gasteiger partial charge on any atom is -0.391 e. The van der Waals surface area contributed by atoms with Crippen molar-refractivity contribution < 1.29 is 5.11 Å². The molecule has 96 valence electrons. The van der Waals surface area contributed by atoms with Gasteiger partial charge in [-0.2, -0.15) is 0 Å². The maximum absolute atomic E-state index is 9.72. The predicted octanol–water partition coefficient (Wildman–Crippen LogP) is 0.0291. The van der Waals surface area contributed by atoms with E-state index in [-0.39, 0.29) is 6.10 Å². The molecule has 2 atom stereocenters. The average molecular weight is 229 g/mol. The fraction of sp³-hybridized carbons (Fsp3) is 1.00. The number of likely N-dealkylation sites (N-methyl/N-ethyl adjacent to an activating group) is 1. The number of nitrogens with one attached hydrogen (secondary N) is 2. The van der Waals surface area contributed by atoms with Gasteiger partial charge in [0, 0.05) is 31.7 Å². The summed E-state index contributed by atoms with van der Waals surface area (Å²) in [5, 5.41) is 16.3. The predicted molar refractivity (Wildman–Crippen MR) is 67.7 cm³/mol. The minimum atomic E-state index is -0.140. The quantitative estimate of drug-likeness (QED) is 0.576. The first-order chi connectivity index (χ1) is 7.65. The lowest BCUT2D eigenvalue weighted by Crippen LogP contribution is -2.40. The van der Waals surface area contributed by atoms with Crippen LogP contribution >= 0.6 is 0 Å². The second-order valence-corrected chi connectivity index (χ2v) is 4.94. The van der Waals surface area contributed by atoms with Gasteiger partial charge in [0.1, 0.15) is 0 Å². The fourth-order valence-corrected chi connectivity index (χ4v) is 2.24. The van der Waals surface area contributed by atoms with Crippen LogP contribution in [0.5, 0.6) is 0 Å². The average Bonchev–Trinajstić information content (AvgIpc) is 2.64. The van der Waals surface area contributed by atoms with Gasteiger partial charge in [-0.15, -0.1) is 0 Å². The van der Waals surface area contributed by atoms with Crippen molar-refractivity contribution in [2.45, 2.75) is 44.9 Å². The summed E-state index contributed by atoms with van der Waals surface area (Å²) in [6.07, 6.45) is 1.81. The molecule has 0 saturated carbocycles. The fourth-order valence-electron chi connectivity index (χ4n) is 2.24. The molecular weight excluding hydrogens is 202 g/mol. The first-order valence-electron chi connectivity index (χ1n) is 6.45. The Kier molecular flexibility index (Phi) is 6.28. The maximum atomic E-state index is 9.72. The normalized spacial score (nSPS) is 25.9. The summed E-state index contributed by atoms with van der Waals surface area (Å²) < 4.78 is 0. The third-order valence-corrected chi connectivity index (χ3v) is 3.42. The summed E-state index contributed by atoms with van der Waals surface area (Å²) in [7, 11) is 1.99. The Morgan fingerprint density at radius 3 is 2.69 bits per heavy atom. The summed E-state index contributed by atoms with van der Waals surface area (Å²) in [4.78, 5) is 2.46. The van der Waals surface area contributed by atoms with Crippen molar-refractivity contribution in [1.82, 2.24) is 15.5 Å². The topological polar surface area (TPSA) is 47.5 Å². The Labute approximate surface area is 99.4 Å². The monoisotopic (exact) mass is 229 g/mol. The molecule has 1 rings (SSSR count). The molecule has 0 aromatic heterocycles. The van der Waals surface area contributed by atoms with Gasteiger partial charge in [0.2, 0.25) is 0 Å². The summed E-state index contributed by atoms with van der Waals surface area (Å²) in [6, 6.07) is 0.878. The summed E-state index contributed by atoms with van der Waals surface area (Å²) in [6.45, 7) is 8.59. The Bertz CT molecular complexity index is 187. The van der Waals surface area contributed by atoms with E-state index in [2.05, 4.69) is 29.4 Å². The van der Waals surface area contributed by atoms with E-state index in [4.69, 9.17) is 0 Å². The van der Waals surface area contributed by atoms with Crippen LogP contribution in [0.15, 0.2) is 0 Å². The number of rotatable bonds is 7. The van der Waals surface area contributed by atoms with E-state index < -0.39 is 0 Å². The zero-order chi connectivity index (χ0) is 12.0. The van der Waals surface area contributed by atoms with Gasteiger partial charge < -0.3 is 15.7 Å². The van der Waals surface area contributed by atoms with E-state index in [9.17, 15) is 5.11 Å². The number of aliphatic hydroxyl groups excluding tert-OH is 1. The highest BCUT2D eigenvalue weighted by molar-refractivity contribution is 4.84. The molecule has 0 aliphatic carbocycles. The van der Waals surface area contributed by atoms with Crippen molar-refractivity contribution in [3.05, 3.63) is 0 Å². The van der Waals surface area contributed by atoms with Gasteiger partial charge in [0.05, 0.1) is 6.10 Å². The molecule has 1 saturated heterocycles. The van der Waals surface area contributed by atoms with Crippen LogP contribution < -0.4 is 10.6 Å². The van der Waals surface area contributed by atoms with Crippen LogP contribution in [0.2, 0.25) is 0 Å². The lowest BCUT2D eigenvalue weighted by atomic mass is 10.1. The highest BCUT2D eigenvalue weighted by atomic mass is 16.3. The Morgan fingerprint density at radius 1 is 1.44 bits per heavy atom. The molecule has 1 aliphatic rings. The molecule has 2 unspecified atom stereocenters. The molecule has 1 aliphatic heterocycles. The Balaban J connectivity index is 2.25. The molecule has 1 heterocycles. The molecule has 1 fully saturated rings. The van der Waals surface area contributed by atoms with E-state index in [1.807, 2.05) is 7.05 Å². The van der Waals surface area contributed by atoms with Gasteiger partial charge in [-0.1, -0.05) is 0 Å². The largest absolute Gasteiger partial charge is 0.391 e. The smallest absolute Gasteiger partial charge is 0.0705 e. The molecule has 16 heavy (non-hydrogen) atoms. The van der Waals surface area contributed by atoms with Crippen LogP contribution in [-0.2, 0) is 0 Å². The first-order valence-corrected chi connectivity index (χ1v) is 6.45. The van der Waals surface area contributed by atoms with Crippen LogP contribution in [0, 0.1) is 0 Å². The van der Waals surface area contributed by atoms with Crippen LogP contribution in [0.4, 0.5) is 0 Å². The second kappa shape index (κ2) is 7.22. The molecule has 0 bridgehead atoms. The van der Waals surface area contributed by atoms with Crippen molar-refractivity contribution in [1.29, 1.82) is 0 Å². The van der Waals surface area contributed by atoms with Crippen molar-refractivity contribution in [3.63, 3.8) is 0 Å². The van der Waals surface area contributed by atoms with Crippen LogP contribution in [0.1, 0.15) is 26.7 Å². The third-order valence-electron chi connectivity index (χ3n) is 3.42. The molecule has 4 heteroatoms. The zero-order valence-electron chi connectivity index (χ0n) is 10.9. The van der Waals surface area contributed by atoms with E-state index in [1.165, 1.54) is 0 Å².